The summed E-state index contributed by atoms with van der Waals surface area (Å²) in [6, 6.07) is 0.176. The van der Waals surface area contributed by atoms with Crippen molar-refractivity contribution >= 4 is 6.09 Å². The Balaban J connectivity index is 2.08. The smallest absolute Gasteiger partial charge is 0.407 e. The van der Waals surface area contributed by atoms with Crippen LogP contribution in [0.3, 0.4) is 0 Å². The highest BCUT2D eigenvalue weighted by Crippen LogP contribution is 2.12. The van der Waals surface area contributed by atoms with Gasteiger partial charge in [0.1, 0.15) is 0 Å². The van der Waals surface area contributed by atoms with E-state index in [-0.39, 0.29) is 6.04 Å². The summed E-state index contributed by atoms with van der Waals surface area (Å²) in [4.78, 5) is 12.0. The van der Waals surface area contributed by atoms with E-state index >= 15 is 0 Å². The fraction of sp³-hybridized carbons (Fsp3) is 0.571. The number of nitrogens with one attached hydrogen (secondary N) is 2. The molecule has 66 valence electrons. The van der Waals surface area contributed by atoms with Crippen molar-refractivity contribution in [3.05, 3.63) is 11.8 Å². The molecule has 0 bridgehead atoms. The van der Waals surface area contributed by atoms with Crippen LogP contribution in [0.4, 0.5) is 4.79 Å². The molecule has 2 aliphatic heterocycles. The van der Waals surface area contributed by atoms with Gasteiger partial charge in [-0.05, 0) is 6.08 Å². The molecule has 0 aliphatic carbocycles. The Bertz CT molecular complexity index is 239. The second-order valence-electron chi connectivity index (χ2n) is 2.96. The minimum atomic E-state index is -0.848. The zero-order valence-corrected chi connectivity index (χ0v) is 6.58. The zero-order chi connectivity index (χ0) is 8.55. The normalized spacial score (nSPS) is 27.5. The number of hydrogen-bond acceptors (Lipinski definition) is 3. The first-order chi connectivity index (χ1) is 5.77. The third-order valence-electron chi connectivity index (χ3n) is 2.22. The van der Waals surface area contributed by atoms with Crippen molar-refractivity contribution in [1.82, 2.24) is 15.5 Å². The first-order valence-corrected chi connectivity index (χ1v) is 3.92. The van der Waals surface area contributed by atoms with Crippen molar-refractivity contribution in [2.24, 2.45) is 0 Å². The molecule has 12 heavy (non-hydrogen) atoms. The molecule has 2 rings (SSSR count). The lowest BCUT2D eigenvalue weighted by molar-refractivity contribution is 0.145. The Morgan fingerprint density at radius 2 is 2.58 bits per heavy atom. The fourth-order valence-corrected chi connectivity index (χ4v) is 1.55. The zero-order valence-electron chi connectivity index (χ0n) is 6.58. The van der Waals surface area contributed by atoms with E-state index in [2.05, 4.69) is 10.6 Å². The molecule has 1 amide bonds. The minimum Gasteiger partial charge on any atom is -0.465 e. The maximum atomic E-state index is 10.6. The standard InChI is InChI=1S/C7H11N3O2/c11-7(12)10-2-1-5-6(3-10)9-4-8-5/h1,6,8-9H,2-4H2,(H,11,12). The summed E-state index contributed by atoms with van der Waals surface area (Å²) < 4.78 is 0. The van der Waals surface area contributed by atoms with Gasteiger partial charge in [-0.1, -0.05) is 0 Å². The highest BCUT2D eigenvalue weighted by molar-refractivity contribution is 5.65. The van der Waals surface area contributed by atoms with Gasteiger partial charge in [0, 0.05) is 18.8 Å². The number of rotatable bonds is 0. The summed E-state index contributed by atoms with van der Waals surface area (Å²) in [6.45, 7) is 1.79. The van der Waals surface area contributed by atoms with Crippen LogP contribution in [0.15, 0.2) is 11.8 Å². The lowest BCUT2D eigenvalue weighted by Gasteiger charge is -2.26. The monoisotopic (exact) mass is 169 g/mol. The Morgan fingerprint density at radius 3 is 3.33 bits per heavy atom. The number of fused-ring (bicyclic) bond motifs is 1. The van der Waals surface area contributed by atoms with Gasteiger partial charge in [0.25, 0.3) is 0 Å². The van der Waals surface area contributed by atoms with Crippen LogP contribution in [-0.2, 0) is 0 Å². The van der Waals surface area contributed by atoms with E-state index in [0.717, 1.165) is 12.4 Å². The molecule has 1 fully saturated rings. The predicted molar refractivity (Wildman–Crippen MR) is 42.6 cm³/mol. The molecule has 0 radical (unpaired) electrons. The van der Waals surface area contributed by atoms with E-state index in [1.807, 2.05) is 6.08 Å². The molecule has 1 atom stereocenters. The quantitative estimate of drug-likeness (QED) is 0.452. The minimum absolute atomic E-state index is 0.176. The van der Waals surface area contributed by atoms with E-state index in [4.69, 9.17) is 5.11 Å². The van der Waals surface area contributed by atoms with Crippen molar-refractivity contribution in [3.63, 3.8) is 0 Å². The third kappa shape index (κ3) is 1.12. The van der Waals surface area contributed by atoms with Crippen molar-refractivity contribution < 1.29 is 9.90 Å². The summed E-state index contributed by atoms with van der Waals surface area (Å²) in [5.41, 5.74) is 1.13. The Kier molecular flexibility index (Phi) is 1.65. The fourth-order valence-electron chi connectivity index (χ4n) is 1.55. The van der Waals surface area contributed by atoms with Gasteiger partial charge >= 0.3 is 6.09 Å². The Labute approximate surface area is 70.0 Å². The van der Waals surface area contributed by atoms with E-state index in [1.165, 1.54) is 4.90 Å². The van der Waals surface area contributed by atoms with Gasteiger partial charge in [-0.2, -0.15) is 0 Å². The highest BCUT2D eigenvalue weighted by atomic mass is 16.4. The molecular formula is C7H11N3O2. The molecule has 0 aromatic carbocycles. The Hall–Kier alpha value is -1.23. The maximum absolute atomic E-state index is 10.6. The van der Waals surface area contributed by atoms with E-state index in [9.17, 15) is 4.79 Å². The SMILES string of the molecule is O=C(O)N1CC=C2NCNC2C1. The van der Waals surface area contributed by atoms with E-state index in [1.54, 1.807) is 0 Å². The number of hydrogen-bond donors (Lipinski definition) is 3. The van der Waals surface area contributed by atoms with Gasteiger partial charge in [-0.3, -0.25) is 5.32 Å². The van der Waals surface area contributed by atoms with Crippen LogP contribution in [0.5, 0.6) is 0 Å². The average Bonchev–Trinajstić information content (AvgIpc) is 2.49. The molecule has 2 aliphatic rings. The van der Waals surface area contributed by atoms with E-state index in [0.29, 0.717) is 13.1 Å². The predicted octanol–water partition coefficient (Wildman–Crippen LogP) is -0.617. The van der Waals surface area contributed by atoms with Gasteiger partial charge in [-0.15, -0.1) is 0 Å². The Morgan fingerprint density at radius 1 is 1.75 bits per heavy atom. The highest BCUT2D eigenvalue weighted by Gasteiger charge is 2.27. The van der Waals surface area contributed by atoms with Crippen molar-refractivity contribution in [3.8, 4) is 0 Å². The second kappa shape index (κ2) is 2.67. The molecule has 0 aromatic rings. The number of carbonyl (C=O) groups is 1. The van der Waals surface area contributed by atoms with Crippen molar-refractivity contribution in [2.75, 3.05) is 19.8 Å². The summed E-state index contributed by atoms with van der Waals surface area (Å²) in [5.74, 6) is 0. The summed E-state index contributed by atoms with van der Waals surface area (Å²) in [7, 11) is 0. The number of nitrogens with zero attached hydrogens (tertiary/aromatic N) is 1. The van der Waals surface area contributed by atoms with Crippen LogP contribution < -0.4 is 10.6 Å². The maximum Gasteiger partial charge on any atom is 0.407 e. The van der Waals surface area contributed by atoms with Crippen LogP contribution >= 0.6 is 0 Å². The van der Waals surface area contributed by atoms with Crippen molar-refractivity contribution in [1.29, 1.82) is 0 Å². The summed E-state index contributed by atoms with van der Waals surface area (Å²) in [6.07, 6.45) is 1.07. The van der Waals surface area contributed by atoms with Gasteiger partial charge in [-0.25, -0.2) is 4.79 Å². The molecular weight excluding hydrogens is 158 g/mol. The molecule has 2 heterocycles. The van der Waals surface area contributed by atoms with Gasteiger partial charge in [0.2, 0.25) is 0 Å². The van der Waals surface area contributed by atoms with Gasteiger partial charge in [0.05, 0.1) is 12.7 Å². The summed E-state index contributed by atoms with van der Waals surface area (Å²) in [5, 5.41) is 15.0. The lowest BCUT2D eigenvalue weighted by atomic mass is 10.1. The molecule has 5 nitrogen and oxygen atoms in total. The van der Waals surface area contributed by atoms with Gasteiger partial charge in [0.15, 0.2) is 0 Å². The van der Waals surface area contributed by atoms with Crippen LogP contribution in [0.1, 0.15) is 0 Å². The molecule has 0 spiro atoms. The number of carboxylic acid groups (broad SMARTS) is 1. The average molecular weight is 169 g/mol. The van der Waals surface area contributed by atoms with Crippen LogP contribution in [0.2, 0.25) is 0 Å². The first kappa shape index (κ1) is 7.42. The molecule has 5 heteroatoms. The second-order valence-corrected chi connectivity index (χ2v) is 2.96. The largest absolute Gasteiger partial charge is 0.465 e. The lowest BCUT2D eigenvalue weighted by Crippen LogP contribution is -2.44. The third-order valence-corrected chi connectivity index (χ3v) is 2.22. The summed E-state index contributed by atoms with van der Waals surface area (Å²) >= 11 is 0. The molecule has 1 saturated heterocycles. The molecule has 0 saturated carbocycles. The topological polar surface area (TPSA) is 64.6 Å². The van der Waals surface area contributed by atoms with Crippen LogP contribution in [0, 0.1) is 0 Å². The number of amides is 1. The van der Waals surface area contributed by atoms with E-state index < -0.39 is 6.09 Å². The molecule has 0 aromatic heterocycles. The van der Waals surface area contributed by atoms with Crippen LogP contribution in [-0.4, -0.2) is 41.9 Å². The van der Waals surface area contributed by atoms with Crippen molar-refractivity contribution in [2.45, 2.75) is 6.04 Å². The first-order valence-electron chi connectivity index (χ1n) is 3.92. The van der Waals surface area contributed by atoms with Crippen LogP contribution in [0.25, 0.3) is 0 Å². The van der Waals surface area contributed by atoms with Gasteiger partial charge < -0.3 is 15.3 Å². The molecule has 3 N–H and O–H groups in total. The molecule has 1 unspecified atom stereocenters.